The number of halogens is 1. The van der Waals surface area contributed by atoms with E-state index in [9.17, 15) is 9.18 Å². The summed E-state index contributed by atoms with van der Waals surface area (Å²) in [5, 5.41) is 2.76. The number of amides is 1. The average molecular weight is 352 g/mol. The van der Waals surface area contributed by atoms with Crippen LogP contribution in [0.25, 0.3) is 0 Å². The Morgan fingerprint density at radius 1 is 1.15 bits per heavy atom. The summed E-state index contributed by atoms with van der Waals surface area (Å²) in [6, 6.07) is 17.0. The van der Waals surface area contributed by atoms with Crippen molar-refractivity contribution in [3.05, 3.63) is 83.0 Å². The van der Waals surface area contributed by atoms with Crippen LogP contribution < -0.4 is 5.32 Å². The second-order valence-electron chi connectivity index (χ2n) is 7.96. The average Bonchev–Trinajstić information content (AvgIpc) is 2.90. The molecule has 0 aliphatic heterocycles. The predicted octanol–water partition coefficient (Wildman–Crippen LogP) is 5.20. The molecule has 0 heterocycles. The monoisotopic (exact) mass is 352 g/mol. The fourth-order valence-electron chi connectivity index (χ4n) is 3.22. The van der Waals surface area contributed by atoms with Crippen molar-refractivity contribution in [2.45, 2.75) is 45.2 Å². The fraction of sp³-hybridized carbons (Fsp3) is 0.348. The Hall–Kier alpha value is -2.42. The maximum Gasteiger partial charge on any atom is 0.255 e. The summed E-state index contributed by atoms with van der Waals surface area (Å²) >= 11 is 0. The van der Waals surface area contributed by atoms with Crippen molar-refractivity contribution in [3.8, 4) is 0 Å². The third-order valence-electron chi connectivity index (χ3n) is 4.81. The number of benzene rings is 2. The van der Waals surface area contributed by atoms with Crippen LogP contribution in [0.4, 0.5) is 4.39 Å². The highest BCUT2D eigenvalue weighted by Gasteiger charge is 2.28. The van der Waals surface area contributed by atoms with Crippen LogP contribution in [0.1, 0.15) is 50.0 Å². The zero-order valence-corrected chi connectivity index (χ0v) is 15.6. The Morgan fingerprint density at radius 2 is 1.81 bits per heavy atom. The lowest BCUT2D eigenvalue weighted by atomic mass is 9.86. The van der Waals surface area contributed by atoms with E-state index < -0.39 is 6.17 Å². The number of hydrogen-bond donors (Lipinski definition) is 1. The van der Waals surface area contributed by atoms with Crippen LogP contribution >= 0.6 is 0 Å². The van der Waals surface area contributed by atoms with Crippen molar-refractivity contribution in [3.63, 3.8) is 0 Å². The smallest absolute Gasteiger partial charge is 0.255 e. The first kappa shape index (κ1) is 17.0. The van der Waals surface area contributed by atoms with E-state index in [4.69, 9.17) is 1.37 Å². The second-order valence-corrected chi connectivity index (χ2v) is 7.96. The SMILES string of the molecule is [2H]C1=C(NC(=O)c2ccc(C(C)(C)C)cc2)CC(Cc2ccccc2)C1F. The minimum Gasteiger partial charge on any atom is -0.326 e. The highest BCUT2D eigenvalue weighted by atomic mass is 19.1. The van der Waals surface area contributed by atoms with E-state index in [0.29, 0.717) is 24.1 Å². The van der Waals surface area contributed by atoms with Gasteiger partial charge in [-0.25, -0.2) is 4.39 Å². The topological polar surface area (TPSA) is 29.1 Å². The van der Waals surface area contributed by atoms with Crippen molar-refractivity contribution in [2.75, 3.05) is 0 Å². The molecule has 2 aromatic rings. The molecule has 2 nitrogen and oxygen atoms in total. The number of nitrogens with one attached hydrogen (secondary N) is 1. The van der Waals surface area contributed by atoms with E-state index in [0.717, 1.165) is 11.1 Å². The third kappa shape index (κ3) is 4.40. The van der Waals surface area contributed by atoms with Gasteiger partial charge >= 0.3 is 0 Å². The van der Waals surface area contributed by atoms with Gasteiger partial charge in [0.25, 0.3) is 5.91 Å². The number of hydrogen-bond acceptors (Lipinski definition) is 1. The number of carbonyl (C=O) groups is 1. The van der Waals surface area contributed by atoms with Gasteiger partial charge < -0.3 is 5.32 Å². The minimum atomic E-state index is -1.34. The van der Waals surface area contributed by atoms with Gasteiger partial charge in [-0.15, -0.1) is 0 Å². The maximum atomic E-state index is 14.6. The molecule has 0 spiro atoms. The van der Waals surface area contributed by atoms with E-state index in [2.05, 4.69) is 26.1 Å². The molecule has 0 fully saturated rings. The normalized spacial score (nSPS) is 20.8. The molecular weight excluding hydrogens is 325 g/mol. The van der Waals surface area contributed by atoms with Gasteiger partial charge in [-0.2, -0.15) is 0 Å². The zero-order valence-electron chi connectivity index (χ0n) is 16.6. The van der Waals surface area contributed by atoms with Crippen molar-refractivity contribution >= 4 is 5.91 Å². The van der Waals surface area contributed by atoms with Crippen LogP contribution in [0.3, 0.4) is 0 Å². The maximum absolute atomic E-state index is 14.6. The summed E-state index contributed by atoms with van der Waals surface area (Å²) in [6.07, 6.45) is -0.408. The summed E-state index contributed by atoms with van der Waals surface area (Å²) < 4.78 is 22.6. The highest BCUT2D eigenvalue weighted by molar-refractivity contribution is 5.95. The first-order valence-electron chi connectivity index (χ1n) is 9.55. The molecule has 1 aliphatic carbocycles. The Morgan fingerprint density at radius 3 is 2.42 bits per heavy atom. The number of carbonyl (C=O) groups excluding carboxylic acids is 1. The van der Waals surface area contributed by atoms with Crippen molar-refractivity contribution in [1.29, 1.82) is 0 Å². The standard InChI is InChI=1S/C23H26FNO/c1-23(2,3)19-11-9-17(10-12-19)22(26)25-20-14-18(21(24)15-20)13-16-7-5-4-6-8-16/h4-12,15,18,21H,13-14H2,1-3H3,(H,25,26)/i15D. The first-order chi connectivity index (χ1) is 12.8. The minimum absolute atomic E-state index is 0.0173. The van der Waals surface area contributed by atoms with Gasteiger partial charge in [0.2, 0.25) is 0 Å². The van der Waals surface area contributed by atoms with E-state index in [1.807, 2.05) is 42.5 Å². The molecule has 0 radical (unpaired) electrons. The highest BCUT2D eigenvalue weighted by Crippen LogP contribution is 2.30. The Balaban J connectivity index is 1.67. The molecule has 3 rings (SSSR count). The van der Waals surface area contributed by atoms with E-state index >= 15 is 0 Å². The molecule has 1 amide bonds. The molecule has 0 saturated carbocycles. The van der Waals surface area contributed by atoms with Crippen LogP contribution in [0, 0.1) is 5.92 Å². The second kappa shape index (κ2) is 7.45. The van der Waals surface area contributed by atoms with Crippen LogP contribution in [-0.2, 0) is 11.8 Å². The molecule has 2 unspecified atom stereocenters. The first-order valence-corrected chi connectivity index (χ1v) is 9.05. The molecule has 136 valence electrons. The van der Waals surface area contributed by atoms with E-state index in [1.54, 1.807) is 12.1 Å². The van der Waals surface area contributed by atoms with Gasteiger partial charge in [0.15, 0.2) is 0 Å². The molecule has 26 heavy (non-hydrogen) atoms. The number of rotatable bonds is 4. The van der Waals surface area contributed by atoms with E-state index in [-0.39, 0.29) is 23.3 Å². The summed E-state index contributed by atoms with van der Waals surface area (Å²) in [4.78, 5) is 12.5. The fourth-order valence-corrected chi connectivity index (χ4v) is 3.22. The molecule has 2 atom stereocenters. The summed E-state index contributed by atoms with van der Waals surface area (Å²) in [5.74, 6) is -0.596. The Labute approximate surface area is 156 Å². The molecule has 0 aromatic heterocycles. The lowest BCUT2D eigenvalue weighted by molar-refractivity contribution is 0.0964. The van der Waals surface area contributed by atoms with Gasteiger partial charge in [-0.1, -0.05) is 63.2 Å². The largest absolute Gasteiger partial charge is 0.326 e. The van der Waals surface area contributed by atoms with Gasteiger partial charge in [0, 0.05) is 17.2 Å². The van der Waals surface area contributed by atoms with Gasteiger partial charge in [0.05, 0.1) is 1.37 Å². The lowest BCUT2D eigenvalue weighted by Gasteiger charge is -2.19. The lowest BCUT2D eigenvalue weighted by Crippen LogP contribution is -2.23. The summed E-state index contributed by atoms with van der Waals surface area (Å²) in [5.41, 5.74) is 3.12. The molecule has 0 bridgehead atoms. The predicted molar refractivity (Wildman–Crippen MR) is 104 cm³/mol. The number of allylic oxidation sites excluding steroid dienone is 2. The molecule has 0 saturated heterocycles. The van der Waals surface area contributed by atoms with Gasteiger partial charge in [0.1, 0.15) is 6.17 Å². The van der Waals surface area contributed by atoms with Crippen LogP contribution in [-0.4, -0.2) is 12.1 Å². The van der Waals surface area contributed by atoms with Gasteiger partial charge in [-0.05, 0) is 47.6 Å². The third-order valence-corrected chi connectivity index (χ3v) is 4.81. The van der Waals surface area contributed by atoms with Gasteiger partial charge in [-0.3, -0.25) is 4.79 Å². The van der Waals surface area contributed by atoms with Crippen LogP contribution in [0.5, 0.6) is 0 Å². The van der Waals surface area contributed by atoms with Crippen LogP contribution in [0.15, 0.2) is 66.3 Å². The quantitative estimate of drug-likeness (QED) is 0.805. The van der Waals surface area contributed by atoms with Crippen molar-refractivity contribution in [2.24, 2.45) is 5.92 Å². The zero-order chi connectivity index (χ0) is 19.6. The van der Waals surface area contributed by atoms with Crippen molar-refractivity contribution < 1.29 is 10.6 Å². The Kier molecular flexibility index (Phi) is 4.87. The molecule has 1 N–H and O–H groups in total. The number of alkyl halides is 1. The molecule has 3 heteroatoms. The molecule has 2 aromatic carbocycles. The van der Waals surface area contributed by atoms with Crippen molar-refractivity contribution in [1.82, 2.24) is 5.32 Å². The molecule has 1 aliphatic rings. The molecular formula is C23H26FNO. The van der Waals surface area contributed by atoms with Crippen LogP contribution in [0.2, 0.25) is 0 Å². The van der Waals surface area contributed by atoms with E-state index in [1.165, 1.54) is 0 Å². The summed E-state index contributed by atoms with van der Waals surface area (Å²) in [7, 11) is 0. The summed E-state index contributed by atoms with van der Waals surface area (Å²) in [6.45, 7) is 6.35. The Bertz CT molecular complexity index is 837.